The first kappa shape index (κ1) is 23.5. The van der Waals surface area contributed by atoms with Crippen molar-refractivity contribution in [2.24, 2.45) is 0 Å². The van der Waals surface area contributed by atoms with E-state index in [9.17, 15) is 18.0 Å². The van der Waals surface area contributed by atoms with Crippen molar-refractivity contribution in [2.45, 2.75) is 44.9 Å². The lowest BCUT2D eigenvalue weighted by Gasteiger charge is -2.20. The number of anilines is 1. The average molecular weight is 456 g/mol. The summed E-state index contributed by atoms with van der Waals surface area (Å²) in [4.78, 5) is 28.3. The van der Waals surface area contributed by atoms with Crippen LogP contribution in [0.4, 0.5) is 5.69 Å². The number of H-pyrrole nitrogens is 1. The number of sulfonamides is 1. The predicted octanol–water partition coefficient (Wildman–Crippen LogP) is 3.89. The molecular formula is C24H29N3O4S. The van der Waals surface area contributed by atoms with E-state index in [4.69, 9.17) is 0 Å². The molecule has 2 N–H and O–H groups in total. The van der Waals surface area contributed by atoms with Crippen molar-refractivity contribution in [3.05, 3.63) is 69.5 Å². The molecule has 3 aromatic rings. The Morgan fingerprint density at radius 2 is 1.81 bits per heavy atom. The van der Waals surface area contributed by atoms with E-state index in [-0.39, 0.29) is 15.8 Å². The van der Waals surface area contributed by atoms with E-state index in [1.807, 2.05) is 26.0 Å². The number of fused-ring (bicyclic) bond motifs is 1. The third-order valence-electron chi connectivity index (χ3n) is 5.68. The number of aryl methyl sites for hydroxylation is 2. The van der Waals surface area contributed by atoms with Gasteiger partial charge in [-0.2, -0.15) is 0 Å². The Morgan fingerprint density at radius 3 is 2.50 bits per heavy atom. The van der Waals surface area contributed by atoms with Gasteiger partial charge in [0.1, 0.15) is 5.56 Å². The molecule has 8 heteroatoms. The molecule has 1 amide bonds. The smallest absolute Gasteiger partial charge is 0.264 e. The second-order valence-electron chi connectivity index (χ2n) is 7.94. The van der Waals surface area contributed by atoms with Gasteiger partial charge in [0.2, 0.25) is 5.43 Å². The van der Waals surface area contributed by atoms with E-state index in [2.05, 4.69) is 17.2 Å². The predicted molar refractivity (Wildman–Crippen MR) is 128 cm³/mol. The van der Waals surface area contributed by atoms with Crippen molar-refractivity contribution in [1.82, 2.24) is 10.3 Å². The van der Waals surface area contributed by atoms with Crippen molar-refractivity contribution in [3.63, 3.8) is 0 Å². The van der Waals surface area contributed by atoms with Crippen LogP contribution < -0.4 is 15.1 Å². The molecule has 7 nitrogen and oxygen atoms in total. The van der Waals surface area contributed by atoms with Gasteiger partial charge in [-0.05, 0) is 61.7 Å². The van der Waals surface area contributed by atoms with E-state index >= 15 is 0 Å². The highest BCUT2D eigenvalue weighted by atomic mass is 32.2. The van der Waals surface area contributed by atoms with E-state index in [0.717, 1.165) is 30.4 Å². The quantitative estimate of drug-likeness (QED) is 0.503. The number of nitrogens with one attached hydrogen (secondary N) is 2. The minimum atomic E-state index is -3.90. The molecule has 2 aromatic carbocycles. The molecule has 0 unspecified atom stereocenters. The number of aromatic amines is 1. The van der Waals surface area contributed by atoms with Crippen LogP contribution in [0.1, 0.15) is 47.7 Å². The Hall–Kier alpha value is -3.13. The highest BCUT2D eigenvalue weighted by Gasteiger charge is 2.23. The molecule has 0 aliphatic rings. The number of carbonyl (C=O) groups excluding carboxylic acids is 1. The van der Waals surface area contributed by atoms with Gasteiger partial charge in [-0.25, -0.2) is 8.42 Å². The molecule has 3 rings (SSSR count). The third-order valence-corrected chi connectivity index (χ3v) is 7.46. The first-order valence-corrected chi connectivity index (χ1v) is 12.1. The van der Waals surface area contributed by atoms with Gasteiger partial charge < -0.3 is 10.3 Å². The van der Waals surface area contributed by atoms with E-state index in [1.165, 1.54) is 29.7 Å². The van der Waals surface area contributed by atoms with E-state index in [1.54, 1.807) is 12.1 Å². The third kappa shape index (κ3) is 4.70. The van der Waals surface area contributed by atoms with Crippen LogP contribution in [0.25, 0.3) is 10.9 Å². The zero-order valence-electron chi connectivity index (χ0n) is 18.9. The summed E-state index contributed by atoms with van der Waals surface area (Å²) in [5, 5.41) is 2.90. The number of hydrogen-bond donors (Lipinski definition) is 2. The lowest BCUT2D eigenvalue weighted by Crippen LogP contribution is -2.30. The summed E-state index contributed by atoms with van der Waals surface area (Å²) in [5.74, 6) is -0.468. The van der Waals surface area contributed by atoms with Gasteiger partial charge in [-0.15, -0.1) is 0 Å². The Kier molecular flexibility index (Phi) is 7.03. The van der Waals surface area contributed by atoms with E-state index < -0.39 is 21.4 Å². The Bertz CT molecular complexity index is 1310. The fourth-order valence-electron chi connectivity index (χ4n) is 3.42. The maximum atomic E-state index is 13.2. The van der Waals surface area contributed by atoms with Gasteiger partial charge >= 0.3 is 0 Å². The van der Waals surface area contributed by atoms with Gasteiger partial charge in [0.05, 0.1) is 10.6 Å². The molecule has 0 radical (unpaired) electrons. The minimum Gasteiger partial charge on any atom is -0.360 e. The molecule has 0 saturated carbocycles. The molecule has 1 aromatic heterocycles. The maximum Gasteiger partial charge on any atom is 0.264 e. The summed E-state index contributed by atoms with van der Waals surface area (Å²) >= 11 is 0. The highest BCUT2D eigenvalue weighted by molar-refractivity contribution is 7.92. The van der Waals surface area contributed by atoms with Crippen molar-refractivity contribution in [3.8, 4) is 0 Å². The molecule has 0 saturated heterocycles. The first-order valence-electron chi connectivity index (χ1n) is 10.7. The van der Waals surface area contributed by atoms with Crippen LogP contribution in [0, 0.1) is 13.8 Å². The van der Waals surface area contributed by atoms with Gasteiger partial charge in [0.25, 0.3) is 15.9 Å². The summed E-state index contributed by atoms with van der Waals surface area (Å²) in [6.45, 7) is 6.43. The normalized spacial score (nSPS) is 11.5. The largest absolute Gasteiger partial charge is 0.360 e. The molecule has 0 fully saturated rings. The zero-order valence-corrected chi connectivity index (χ0v) is 19.7. The Balaban J connectivity index is 1.97. The Labute approximate surface area is 188 Å². The highest BCUT2D eigenvalue weighted by Crippen LogP contribution is 2.25. The molecular weight excluding hydrogens is 426 g/mol. The van der Waals surface area contributed by atoms with Crippen LogP contribution in [0.2, 0.25) is 0 Å². The second kappa shape index (κ2) is 9.56. The fourth-order valence-corrected chi connectivity index (χ4v) is 4.63. The molecule has 0 bridgehead atoms. The van der Waals surface area contributed by atoms with Crippen LogP contribution in [-0.2, 0) is 10.0 Å². The Morgan fingerprint density at radius 1 is 1.06 bits per heavy atom. The number of benzene rings is 2. The van der Waals surface area contributed by atoms with Crippen LogP contribution in [0.5, 0.6) is 0 Å². The van der Waals surface area contributed by atoms with Crippen LogP contribution in [0.15, 0.2) is 52.3 Å². The lowest BCUT2D eigenvalue weighted by molar-refractivity contribution is 0.0951. The zero-order chi connectivity index (χ0) is 23.5. The molecule has 1 heterocycles. The molecule has 170 valence electrons. The number of amides is 1. The van der Waals surface area contributed by atoms with Crippen LogP contribution in [0.3, 0.4) is 0 Å². The number of rotatable bonds is 8. The van der Waals surface area contributed by atoms with Crippen molar-refractivity contribution in [2.75, 3.05) is 17.9 Å². The number of unbranched alkanes of at least 4 members (excludes halogenated alkanes) is 2. The molecule has 0 spiro atoms. The first-order chi connectivity index (χ1) is 15.2. The number of aromatic nitrogens is 1. The molecule has 0 aliphatic heterocycles. The number of pyridine rings is 1. The monoisotopic (exact) mass is 455 g/mol. The minimum absolute atomic E-state index is 0.0169. The van der Waals surface area contributed by atoms with Gasteiger partial charge in [0.15, 0.2) is 0 Å². The molecule has 32 heavy (non-hydrogen) atoms. The van der Waals surface area contributed by atoms with Crippen molar-refractivity contribution in [1.29, 1.82) is 0 Å². The summed E-state index contributed by atoms with van der Waals surface area (Å²) in [6.07, 6.45) is 4.22. The second-order valence-corrected chi connectivity index (χ2v) is 9.91. The SMILES string of the molecule is CCCCCNC(=O)c1c[nH]c2ccc(S(=O)(=O)N(C)c3ccc(C)c(C)c3)cc2c1=O. The van der Waals surface area contributed by atoms with Crippen LogP contribution in [-0.4, -0.2) is 32.9 Å². The van der Waals surface area contributed by atoms with Crippen molar-refractivity contribution >= 4 is 32.5 Å². The summed E-state index contributed by atoms with van der Waals surface area (Å²) in [7, 11) is -2.42. The number of carbonyl (C=O) groups is 1. The van der Waals surface area contributed by atoms with Crippen molar-refractivity contribution < 1.29 is 13.2 Å². The topological polar surface area (TPSA) is 99.3 Å². The summed E-state index contributed by atoms with van der Waals surface area (Å²) in [5.41, 5.74) is 2.50. The van der Waals surface area contributed by atoms with Crippen LogP contribution >= 0.6 is 0 Å². The number of hydrogen-bond acceptors (Lipinski definition) is 4. The average Bonchev–Trinajstić information content (AvgIpc) is 2.78. The van der Waals surface area contributed by atoms with Gasteiger partial charge in [0, 0.05) is 30.7 Å². The maximum absolute atomic E-state index is 13.2. The molecule has 0 atom stereocenters. The summed E-state index contributed by atoms with van der Waals surface area (Å²) in [6, 6.07) is 9.75. The fraction of sp³-hybridized carbons (Fsp3) is 0.333. The summed E-state index contributed by atoms with van der Waals surface area (Å²) < 4.78 is 27.7. The van der Waals surface area contributed by atoms with E-state index in [0.29, 0.717) is 17.7 Å². The van der Waals surface area contributed by atoms with Gasteiger partial charge in [-0.1, -0.05) is 25.8 Å². The lowest BCUT2D eigenvalue weighted by atomic mass is 10.1. The molecule has 0 aliphatic carbocycles. The van der Waals surface area contributed by atoms with Gasteiger partial charge in [-0.3, -0.25) is 13.9 Å². The standard InChI is InChI=1S/C24H29N3O4S/c1-5-6-7-12-25-24(29)21-15-26-22-11-10-19(14-20(22)23(21)28)32(30,31)27(4)18-9-8-16(2)17(3)13-18/h8-11,13-15H,5-7,12H2,1-4H3,(H,25,29)(H,26,28). The number of nitrogens with zero attached hydrogens (tertiary/aromatic N) is 1.